The lowest BCUT2D eigenvalue weighted by molar-refractivity contribution is 0.428. The second-order valence-electron chi connectivity index (χ2n) is 6.91. The van der Waals surface area contributed by atoms with E-state index < -0.39 is 0 Å². The van der Waals surface area contributed by atoms with Crippen molar-refractivity contribution in [2.75, 3.05) is 0 Å². The predicted molar refractivity (Wildman–Crippen MR) is 101 cm³/mol. The van der Waals surface area contributed by atoms with E-state index in [0.29, 0.717) is 5.92 Å². The van der Waals surface area contributed by atoms with Gasteiger partial charge in [0.15, 0.2) is 11.6 Å². The van der Waals surface area contributed by atoms with Gasteiger partial charge in [-0.15, -0.1) is 0 Å². The average Bonchev–Trinajstić information content (AvgIpc) is 2.69. The molecule has 0 saturated heterocycles. The van der Waals surface area contributed by atoms with E-state index in [2.05, 4.69) is 43.3 Å². The lowest BCUT2D eigenvalue weighted by Crippen LogP contribution is -2.11. The summed E-state index contributed by atoms with van der Waals surface area (Å²) >= 11 is 0. The molecule has 126 valence electrons. The Kier molecular flexibility index (Phi) is 4.55. The van der Waals surface area contributed by atoms with Crippen LogP contribution in [-0.4, -0.2) is 15.0 Å². The van der Waals surface area contributed by atoms with Gasteiger partial charge in [-0.05, 0) is 19.8 Å². The summed E-state index contributed by atoms with van der Waals surface area (Å²) in [6.45, 7) is 2.10. The molecule has 0 amide bonds. The molecule has 0 aliphatic heterocycles. The lowest BCUT2D eigenvalue weighted by atomic mass is 9.88. The zero-order chi connectivity index (χ0) is 17.1. The fraction of sp³-hybridized carbons (Fsp3) is 0.318. The summed E-state index contributed by atoms with van der Waals surface area (Å²) in [5.74, 6) is 2.99. The van der Waals surface area contributed by atoms with Gasteiger partial charge >= 0.3 is 0 Å². The van der Waals surface area contributed by atoms with E-state index >= 15 is 0 Å². The van der Waals surface area contributed by atoms with E-state index in [1.54, 1.807) is 0 Å². The third-order valence-electron chi connectivity index (χ3n) is 4.96. The summed E-state index contributed by atoms with van der Waals surface area (Å²) in [5.41, 5.74) is 3.35. The van der Waals surface area contributed by atoms with Crippen LogP contribution in [0.1, 0.15) is 49.4 Å². The van der Waals surface area contributed by atoms with E-state index in [1.165, 1.54) is 37.7 Å². The number of benzene rings is 2. The Morgan fingerprint density at radius 2 is 1.28 bits per heavy atom. The minimum atomic E-state index is 0.461. The third-order valence-corrected chi connectivity index (χ3v) is 4.96. The van der Waals surface area contributed by atoms with Crippen LogP contribution in [0, 0.1) is 6.92 Å². The largest absolute Gasteiger partial charge is 0.213 e. The molecule has 1 fully saturated rings. The first-order valence-corrected chi connectivity index (χ1v) is 9.18. The van der Waals surface area contributed by atoms with Crippen LogP contribution < -0.4 is 0 Å². The zero-order valence-corrected chi connectivity index (χ0v) is 14.7. The van der Waals surface area contributed by atoms with E-state index in [9.17, 15) is 0 Å². The Hall–Kier alpha value is -2.55. The van der Waals surface area contributed by atoms with Crippen LogP contribution in [0.5, 0.6) is 0 Å². The van der Waals surface area contributed by atoms with Gasteiger partial charge in [0.1, 0.15) is 5.82 Å². The standard InChI is InChI=1S/C22H23N3/c1-16-12-14-19(15-13-16)22-24-20(17-8-4-2-5-9-17)23-21(25-22)18-10-6-3-7-11-18/h2,4-5,8-9,12-15,18H,3,6-7,10-11H2,1H3. The fourth-order valence-corrected chi connectivity index (χ4v) is 3.48. The molecule has 1 heterocycles. The number of hydrogen-bond donors (Lipinski definition) is 0. The lowest BCUT2D eigenvalue weighted by Gasteiger charge is -2.21. The first-order chi connectivity index (χ1) is 12.3. The van der Waals surface area contributed by atoms with Crippen LogP contribution in [0.4, 0.5) is 0 Å². The third kappa shape index (κ3) is 3.60. The van der Waals surface area contributed by atoms with Gasteiger partial charge in [-0.25, -0.2) is 15.0 Å². The van der Waals surface area contributed by atoms with E-state index in [-0.39, 0.29) is 0 Å². The van der Waals surface area contributed by atoms with Gasteiger partial charge in [-0.1, -0.05) is 79.4 Å². The van der Waals surface area contributed by atoms with Crippen LogP contribution >= 0.6 is 0 Å². The maximum Gasteiger partial charge on any atom is 0.163 e. The molecule has 1 saturated carbocycles. The molecule has 25 heavy (non-hydrogen) atoms. The van der Waals surface area contributed by atoms with Gasteiger partial charge < -0.3 is 0 Å². The molecule has 0 radical (unpaired) electrons. The summed E-state index contributed by atoms with van der Waals surface area (Å²) in [6.07, 6.45) is 6.25. The molecule has 0 N–H and O–H groups in total. The quantitative estimate of drug-likeness (QED) is 0.631. The summed E-state index contributed by atoms with van der Waals surface area (Å²) < 4.78 is 0. The Morgan fingerprint density at radius 1 is 0.680 bits per heavy atom. The Labute approximate surface area is 149 Å². The highest BCUT2D eigenvalue weighted by Crippen LogP contribution is 2.32. The highest BCUT2D eigenvalue weighted by Gasteiger charge is 2.20. The SMILES string of the molecule is Cc1ccc(-c2nc(-c3ccccc3)nc(C3CCCCC3)n2)cc1. The maximum atomic E-state index is 4.86. The van der Waals surface area contributed by atoms with Gasteiger partial charge in [-0.3, -0.25) is 0 Å². The second kappa shape index (κ2) is 7.14. The Bertz CT molecular complexity index is 835. The van der Waals surface area contributed by atoms with E-state index in [4.69, 9.17) is 15.0 Å². The van der Waals surface area contributed by atoms with E-state index in [1.807, 2.05) is 18.2 Å². The normalized spacial score (nSPS) is 15.2. The number of nitrogens with zero attached hydrogens (tertiary/aromatic N) is 3. The molecule has 1 aliphatic rings. The van der Waals surface area contributed by atoms with Crippen molar-refractivity contribution >= 4 is 0 Å². The van der Waals surface area contributed by atoms with Gasteiger partial charge in [0.2, 0.25) is 0 Å². The second-order valence-corrected chi connectivity index (χ2v) is 6.91. The molecule has 0 atom stereocenters. The summed E-state index contributed by atoms with van der Waals surface area (Å²) in [6, 6.07) is 18.7. The molecule has 3 nitrogen and oxygen atoms in total. The minimum Gasteiger partial charge on any atom is -0.213 e. The first kappa shape index (κ1) is 15.9. The van der Waals surface area contributed by atoms with Crippen molar-refractivity contribution in [2.24, 2.45) is 0 Å². The van der Waals surface area contributed by atoms with Gasteiger partial charge in [-0.2, -0.15) is 0 Å². The molecule has 0 bridgehead atoms. The van der Waals surface area contributed by atoms with Crippen molar-refractivity contribution in [3.8, 4) is 22.8 Å². The van der Waals surface area contributed by atoms with Crippen molar-refractivity contribution in [3.63, 3.8) is 0 Å². The fourth-order valence-electron chi connectivity index (χ4n) is 3.48. The molecule has 0 unspecified atom stereocenters. The van der Waals surface area contributed by atoms with Crippen molar-refractivity contribution < 1.29 is 0 Å². The van der Waals surface area contributed by atoms with Crippen molar-refractivity contribution in [2.45, 2.75) is 44.9 Å². The van der Waals surface area contributed by atoms with E-state index in [0.717, 1.165) is 28.6 Å². The van der Waals surface area contributed by atoms with Crippen molar-refractivity contribution in [1.82, 2.24) is 15.0 Å². The molecule has 2 aromatic carbocycles. The Balaban J connectivity index is 1.81. The molecule has 3 aromatic rings. The smallest absolute Gasteiger partial charge is 0.163 e. The summed E-state index contributed by atoms with van der Waals surface area (Å²) in [4.78, 5) is 14.5. The first-order valence-electron chi connectivity index (χ1n) is 9.18. The van der Waals surface area contributed by atoms with Crippen molar-refractivity contribution in [3.05, 3.63) is 66.0 Å². The molecular weight excluding hydrogens is 306 g/mol. The molecule has 3 heteroatoms. The highest BCUT2D eigenvalue weighted by molar-refractivity contribution is 5.61. The zero-order valence-electron chi connectivity index (χ0n) is 14.7. The van der Waals surface area contributed by atoms with Crippen molar-refractivity contribution in [1.29, 1.82) is 0 Å². The van der Waals surface area contributed by atoms with Crippen LogP contribution in [0.3, 0.4) is 0 Å². The topological polar surface area (TPSA) is 38.7 Å². The molecule has 4 rings (SSSR count). The van der Waals surface area contributed by atoms with Gasteiger partial charge in [0.05, 0.1) is 0 Å². The monoisotopic (exact) mass is 329 g/mol. The highest BCUT2D eigenvalue weighted by atomic mass is 15.0. The van der Waals surface area contributed by atoms with Gasteiger partial charge in [0, 0.05) is 17.0 Å². The van der Waals surface area contributed by atoms with Gasteiger partial charge in [0.25, 0.3) is 0 Å². The average molecular weight is 329 g/mol. The number of rotatable bonds is 3. The minimum absolute atomic E-state index is 0.461. The van der Waals surface area contributed by atoms with Crippen LogP contribution in [0.25, 0.3) is 22.8 Å². The molecule has 1 aliphatic carbocycles. The molecule has 0 spiro atoms. The number of aryl methyl sites for hydroxylation is 1. The maximum absolute atomic E-state index is 4.86. The van der Waals surface area contributed by atoms with Crippen LogP contribution in [0.2, 0.25) is 0 Å². The summed E-state index contributed by atoms with van der Waals surface area (Å²) in [7, 11) is 0. The summed E-state index contributed by atoms with van der Waals surface area (Å²) in [5, 5.41) is 0. The molecular formula is C22H23N3. The van der Waals surface area contributed by atoms with Crippen LogP contribution in [0.15, 0.2) is 54.6 Å². The Morgan fingerprint density at radius 3 is 1.92 bits per heavy atom. The number of aromatic nitrogens is 3. The number of hydrogen-bond acceptors (Lipinski definition) is 3. The predicted octanol–water partition coefficient (Wildman–Crippen LogP) is 5.56. The van der Waals surface area contributed by atoms with Crippen LogP contribution in [-0.2, 0) is 0 Å². The molecule has 1 aromatic heterocycles.